The lowest BCUT2D eigenvalue weighted by Crippen LogP contribution is -2.49. The van der Waals surface area contributed by atoms with E-state index in [-0.39, 0.29) is 36.7 Å². The van der Waals surface area contributed by atoms with Crippen LogP contribution in [0.4, 0.5) is 4.39 Å². The first-order chi connectivity index (χ1) is 13.7. The molecule has 1 fully saturated rings. The van der Waals surface area contributed by atoms with Gasteiger partial charge in [0.25, 0.3) is 0 Å². The summed E-state index contributed by atoms with van der Waals surface area (Å²) in [5.74, 6) is 0.530. The number of piperazine rings is 1. The van der Waals surface area contributed by atoms with Gasteiger partial charge in [-0.1, -0.05) is 31.2 Å². The summed E-state index contributed by atoms with van der Waals surface area (Å²) in [6.45, 7) is 5.75. The molecule has 1 aliphatic rings. The molecule has 0 aliphatic carbocycles. The number of hydrogen-bond acceptors (Lipinski definition) is 4. The van der Waals surface area contributed by atoms with Crippen molar-refractivity contribution in [2.45, 2.75) is 25.9 Å². The van der Waals surface area contributed by atoms with Crippen LogP contribution in [-0.4, -0.2) is 43.6 Å². The van der Waals surface area contributed by atoms with Gasteiger partial charge in [-0.15, -0.1) is 12.4 Å². The van der Waals surface area contributed by atoms with Gasteiger partial charge in [0.15, 0.2) is 0 Å². The number of rotatable bonds is 8. The first-order valence-corrected chi connectivity index (χ1v) is 9.84. The molecule has 0 radical (unpaired) electrons. The minimum Gasteiger partial charge on any atom is -0.494 e. The fraction of sp³-hybridized carbons (Fsp3) is 0.409. The second kappa shape index (κ2) is 11.8. The van der Waals surface area contributed by atoms with E-state index in [4.69, 9.17) is 4.74 Å². The van der Waals surface area contributed by atoms with Gasteiger partial charge in [-0.25, -0.2) is 4.39 Å². The molecule has 0 aromatic heterocycles. The molecule has 7 heteroatoms. The van der Waals surface area contributed by atoms with E-state index in [0.717, 1.165) is 36.4 Å². The molecule has 1 amide bonds. The highest BCUT2D eigenvalue weighted by Crippen LogP contribution is 2.22. The molecule has 29 heavy (non-hydrogen) atoms. The maximum absolute atomic E-state index is 13.6. The molecule has 1 aliphatic heterocycles. The monoisotopic (exact) mass is 421 g/mol. The molecule has 0 bridgehead atoms. The fourth-order valence-electron chi connectivity index (χ4n) is 3.38. The van der Waals surface area contributed by atoms with Gasteiger partial charge >= 0.3 is 0 Å². The lowest BCUT2D eigenvalue weighted by molar-refractivity contribution is -0.123. The van der Waals surface area contributed by atoms with Crippen molar-refractivity contribution in [1.82, 2.24) is 15.5 Å². The smallest absolute Gasteiger partial charge is 0.234 e. The fourth-order valence-corrected chi connectivity index (χ4v) is 3.38. The van der Waals surface area contributed by atoms with E-state index in [1.54, 1.807) is 12.1 Å². The quantitative estimate of drug-likeness (QED) is 0.686. The van der Waals surface area contributed by atoms with Crippen LogP contribution in [0.3, 0.4) is 0 Å². The van der Waals surface area contributed by atoms with E-state index >= 15 is 0 Å². The molecule has 1 atom stereocenters. The Morgan fingerprint density at radius 3 is 2.90 bits per heavy atom. The van der Waals surface area contributed by atoms with Crippen LogP contribution >= 0.6 is 12.4 Å². The predicted octanol–water partition coefficient (Wildman–Crippen LogP) is 3.30. The van der Waals surface area contributed by atoms with Crippen molar-refractivity contribution < 1.29 is 13.9 Å². The third-order valence-corrected chi connectivity index (χ3v) is 4.80. The van der Waals surface area contributed by atoms with Crippen LogP contribution in [0.15, 0.2) is 48.5 Å². The summed E-state index contributed by atoms with van der Waals surface area (Å²) in [4.78, 5) is 14.6. The molecule has 2 N–H and O–H groups in total. The second-order valence-electron chi connectivity index (χ2n) is 7.02. The Hall–Kier alpha value is -2.15. The van der Waals surface area contributed by atoms with Gasteiger partial charge < -0.3 is 15.4 Å². The van der Waals surface area contributed by atoms with Gasteiger partial charge in [-0.2, -0.15) is 0 Å². The van der Waals surface area contributed by atoms with Crippen LogP contribution in [0, 0.1) is 5.82 Å². The maximum atomic E-state index is 13.6. The van der Waals surface area contributed by atoms with Crippen molar-refractivity contribution in [1.29, 1.82) is 0 Å². The van der Waals surface area contributed by atoms with Crippen LogP contribution in [0.1, 0.15) is 30.5 Å². The summed E-state index contributed by atoms with van der Waals surface area (Å²) in [7, 11) is 0. The Kier molecular flexibility index (Phi) is 9.38. The van der Waals surface area contributed by atoms with Gasteiger partial charge in [0.05, 0.1) is 13.2 Å². The Labute approximate surface area is 178 Å². The second-order valence-corrected chi connectivity index (χ2v) is 7.02. The summed E-state index contributed by atoms with van der Waals surface area (Å²) >= 11 is 0. The number of nitrogens with zero attached hydrogens (tertiary/aromatic N) is 1. The van der Waals surface area contributed by atoms with E-state index in [1.807, 2.05) is 30.3 Å². The van der Waals surface area contributed by atoms with Gasteiger partial charge in [0.1, 0.15) is 11.6 Å². The Morgan fingerprint density at radius 1 is 1.28 bits per heavy atom. The number of ether oxygens (including phenoxy) is 1. The topological polar surface area (TPSA) is 53.6 Å². The average molecular weight is 422 g/mol. The van der Waals surface area contributed by atoms with Crippen LogP contribution < -0.4 is 15.4 Å². The molecule has 5 nitrogen and oxygen atoms in total. The molecule has 2 aromatic carbocycles. The van der Waals surface area contributed by atoms with Crippen molar-refractivity contribution in [2.24, 2.45) is 0 Å². The number of benzene rings is 2. The summed E-state index contributed by atoms with van der Waals surface area (Å²) in [5, 5.41) is 6.31. The zero-order chi connectivity index (χ0) is 19.8. The maximum Gasteiger partial charge on any atom is 0.234 e. The molecule has 2 aromatic rings. The third kappa shape index (κ3) is 6.99. The van der Waals surface area contributed by atoms with E-state index < -0.39 is 0 Å². The molecule has 0 saturated carbocycles. The lowest BCUT2D eigenvalue weighted by Gasteiger charge is -2.36. The Morgan fingerprint density at radius 2 is 2.10 bits per heavy atom. The molecule has 1 unspecified atom stereocenters. The normalized spacial score (nSPS) is 16.7. The Balaban J connectivity index is 0.00000300. The predicted molar refractivity (Wildman–Crippen MR) is 115 cm³/mol. The standard InChI is InChI=1S/C22H28FN3O2.ClH/c1-2-11-28-20-8-3-5-17(12-20)14-25-22(27)16-26-10-9-24-15-21(26)18-6-4-7-19(23)13-18;/h3-8,12-13,21,24H,2,9-11,14-16H2,1H3,(H,25,27);1H. The highest BCUT2D eigenvalue weighted by Gasteiger charge is 2.25. The van der Waals surface area contributed by atoms with E-state index in [2.05, 4.69) is 22.5 Å². The van der Waals surface area contributed by atoms with Gasteiger partial charge in [0.2, 0.25) is 5.91 Å². The number of carbonyl (C=O) groups is 1. The van der Waals surface area contributed by atoms with Crippen LogP contribution in [-0.2, 0) is 11.3 Å². The summed E-state index contributed by atoms with van der Waals surface area (Å²) < 4.78 is 19.2. The van der Waals surface area contributed by atoms with Gasteiger partial charge in [-0.05, 0) is 41.8 Å². The van der Waals surface area contributed by atoms with Crippen molar-refractivity contribution >= 4 is 18.3 Å². The number of carbonyl (C=O) groups excluding carboxylic acids is 1. The Bertz CT molecular complexity index is 790. The highest BCUT2D eigenvalue weighted by molar-refractivity contribution is 5.85. The third-order valence-electron chi connectivity index (χ3n) is 4.80. The minimum absolute atomic E-state index is 0. The number of amides is 1. The van der Waals surface area contributed by atoms with E-state index in [9.17, 15) is 9.18 Å². The highest BCUT2D eigenvalue weighted by atomic mass is 35.5. The van der Waals surface area contributed by atoms with Gasteiger partial charge in [0, 0.05) is 32.2 Å². The minimum atomic E-state index is -0.252. The number of hydrogen-bond donors (Lipinski definition) is 2. The summed E-state index contributed by atoms with van der Waals surface area (Å²) in [6, 6.07) is 14.4. The van der Waals surface area contributed by atoms with Crippen LogP contribution in [0.25, 0.3) is 0 Å². The molecular formula is C22H29ClFN3O2. The van der Waals surface area contributed by atoms with Gasteiger partial charge in [-0.3, -0.25) is 9.69 Å². The van der Waals surface area contributed by atoms with Crippen LogP contribution in [0.2, 0.25) is 0 Å². The molecular weight excluding hydrogens is 393 g/mol. The first kappa shape index (κ1) is 23.1. The molecule has 158 valence electrons. The zero-order valence-electron chi connectivity index (χ0n) is 16.7. The lowest BCUT2D eigenvalue weighted by atomic mass is 10.0. The number of halogens is 2. The van der Waals surface area contributed by atoms with Crippen molar-refractivity contribution in [3.8, 4) is 5.75 Å². The van der Waals surface area contributed by atoms with Crippen molar-refractivity contribution in [3.63, 3.8) is 0 Å². The van der Waals surface area contributed by atoms with Crippen LogP contribution in [0.5, 0.6) is 5.75 Å². The average Bonchev–Trinajstić information content (AvgIpc) is 2.71. The molecule has 3 rings (SSSR count). The zero-order valence-corrected chi connectivity index (χ0v) is 17.5. The molecule has 0 spiro atoms. The van der Waals surface area contributed by atoms with E-state index in [1.165, 1.54) is 6.07 Å². The largest absolute Gasteiger partial charge is 0.494 e. The van der Waals surface area contributed by atoms with Crippen molar-refractivity contribution in [2.75, 3.05) is 32.8 Å². The first-order valence-electron chi connectivity index (χ1n) is 9.84. The van der Waals surface area contributed by atoms with Crippen molar-refractivity contribution in [3.05, 3.63) is 65.5 Å². The SMILES string of the molecule is CCCOc1cccc(CNC(=O)CN2CCNCC2c2cccc(F)c2)c1.Cl. The van der Waals surface area contributed by atoms with E-state index in [0.29, 0.717) is 19.7 Å². The number of nitrogens with one attached hydrogen (secondary N) is 2. The molecule has 1 saturated heterocycles. The summed E-state index contributed by atoms with van der Waals surface area (Å²) in [5.41, 5.74) is 1.89. The molecule has 1 heterocycles. The summed E-state index contributed by atoms with van der Waals surface area (Å²) in [6.07, 6.45) is 0.956.